The van der Waals surface area contributed by atoms with Crippen LogP contribution in [0, 0.1) is 0 Å². The molecule has 3 aromatic carbocycles. The van der Waals surface area contributed by atoms with Crippen molar-refractivity contribution in [3.63, 3.8) is 0 Å². The van der Waals surface area contributed by atoms with Crippen LogP contribution in [-0.2, 0) is 4.79 Å². The number of rotatable bonds is 7. The minimum atomic E-state index is -0.264. The number of anilines is 1. The number of carbonyl (C=O) groups is 1. The summed E-state index contributed by atoms with van der Waals surface area (Å²) in [6.07, 6.45) is 4.95. The van der Waals surface area contributed by atoms with Gasteiger partial charge in [-0.2, -0.15) is 0 Å². The van der Waals surface area contributed by atoms with Crippen molar-refractivity contribution in [2.75, 3.05) is 26.6 Å². The maximum absolute atomic E-state index is 13.0. The molecule has 0 aliphatic rings. The third-order valence-electron chi connectivity index (χ3n) is 6.26. The van der Waals surface area contributed by atoms with Crippen LogP contribution in [0.5, 0.6) is 17.2 Å². The Kier molecular flexibility index (Phi) is 6.51. The van der Waals surface area contributed by atoms with Crippen LogP contribution in [0.15, 0.2) is 83.6 Å². The first-order chi connectivity index (χ1) is 18.0. The molecule has 37 heavy (non-hydrogen) atoms. The van der Waals surface area contributed by atoms with Gasteiger partial charge in [-0.15, -0.1) is 0 Å². The summed E-state index contributed by atoms with van der Waals surface area (Å²) in [5.41, 5.74) is 5.21. The fraction of sp³-hybridized carbons (Fsp3) is 0.133. The predicted octanol–water partition coefficient (Wildman–Crippen LogP) is 6.72. The number of amides is 1. The highest BCUT2D eigenvalue weighted by Gasteiger charge is 2.18. The molecule has 2 heterocycles. The topological polar surface area (TPSA) is 82.8 Å². The van der Waals surface area contributed by atoms with Crippen molar-refractivity contribution in [3.8, 4) is 28.4 Å². The van der Waals surface area contributed by atoms with Crippen molar-refractivity contribution in [2.45, 2.75) is 6.92 Å². The molecule has 0 atom stereocenters. The summed E-state index contributed by atoms with van der Waals surface area (Å²) >= 11 is 0. The number of para-hydroxylation sites is 1. The van der Waals surface area contributed by atoms with Gasteiger partial charge in [-0.25, -0.2) is 0 Å². The number of nitrogens with one attached hydrogen (secondary N) is 1. The zero-order valence-electron chi connectivity index (χ0n) is 21.0. The number of allylic oxidation sites excluding steroid dienone is 1. The maximum atomic E-state index is 13.0. The quantitative estimate of drug-likeness (QED) is 0.253. The van der Waals surface area contributed by atoms with Gasteiger partial charge in [0.1, 0.15) is 22.8 Å². The van der Waals surface area contributed by atoms with Crippen molar-refractivity contribution >= 4 is 39.0 Å². The molecule has 0 saturated carbocycles. The van der Waals surface area contributed by atoms with E-state index in [1.807, 2.05) is 67.6 Å². The monoisotopic (exact) mass is 494 g/mol. The Morgan fingerprint density at radius 1 is 0.919 bits per heavy atom. The van der Waals surface area contributed by atoms with E-state index >= 15 is 0 Å². The Bertz CT molecular complexity index is 1650. The highest BCUT2D eigenvalue weighted by atomic mass is 16.5. The summed E-state index contributed by atoms with van der Waals surface area (Å²) < 4.78 is 22.5. The molecule has 0 aliphatic carbocycles. The second-order valence-electron chi connectivity index (χ2n) is 8.46. The number of methoxy groups -OCH3 is 3. The largest absolute Gasteiger partial charge is 0.497 e. The van der Waals surface area contributed by atoms with Gasteiger partial charge in [0, 0.05) is 45.8 Å². The van der Waals surface area contributed by atoms with E-state index in [0.717, 1.165) is 38.6 Å². The molecule has 0 radical (unpaired) electrons. The molecule has 5 aromatic rings. The molecule has 7 nitrogen and oxygen atoms in total. The number of fused-ring (bicyclic) bond motifs is 2. The van der Waals surface area contributed by atoms with E-state index in [0.29, 0.717) is 28.5 Å². The number of pyridine rings is 1. The molecular formula is C30H26N2O5. The van der Waals surface area contributed by atoms with Crippen molar-refractivity contribution in [1.29, 1.82) is 0 Å². The molecule has 5 rings (SSSR count). The van der Waals surface area contributed by atoms with E-state index in [1.54, 1.807) is 39.9 Å². The first-order valence-corrected chi connectivity index (χ1v) is 11.7. The summed E-state index contributed by atoms with van der Waals surface area (Å²) in [7, 11) is 4.84. The van der Waals surface area contributed by atoms with Crippen LogP contribution in [0.3, 0.4) is 0 Å². The van der Waals surface area contributed by atoms with Crippen LogP contribution in [0.2, 0.25) is 0 Å². The number of hydrogen-bond donors (Lipinski definition) is 1. The van der Waals surface area contributed by atoms with Crippen LogP contribution >= 0.6 is 0 Å². The average Bonchev–Trinajstić information content (AvgIpc) is 3.34. The number of carbonyl (C=O) groups excluding carboxylic acids is 1. The number of hydrogen-bond acceptors (Lipinski definition) is 6. The Labute approximate surface area is 214 Å². The molecule has 0 aliphatic heterocycles. The zero-order valence-corrected chi connectivity index (χ0v) is 21.0. The van der Waals surface area contributed by atoms with Crippen LogP contribution in [0.4, 0.5) is 5.69 Å². The SMILES string of the molecule is COc1ccc(OC)c(-c2coc3cc(OC)c(/C(C)=C/C(=O)Nc4cccc5cccnc45)cc23)c1. The van der Waals surface area contributed by atoms with Gasteiger partial charge in [0.25, 0.3) is 0 Å². The molecule has 0 spiro atoms. The number of nitrogens with zero attached hydrogens (tertiary/aromatic N) is 1. The minimum Gasteiger partial charge on any atom is -0.497 e. The van der Waals surface area contributed by atoms with Crippen molar-refractivity contribution < 1.29 is 23.4 Å². The lowest BCUT2D eigenvalue weighted by Gasteiger charge is -2.12. The fourth-order valence-corrected chi connectivity index (χ4v) is 4.41. The Morgan fingerprint density at radius 3 is 2.51 bits per heavy atom. The van der Waals surface area contributed by atoms with E-state index in [9.17, 15) is 4.79 Å². The third-order valence-corrected chi connectivity index (χ3v) is 6.26. The molecule has 0 unspecified atom stereocenters. The number of benzene rings is 3. The predicted molar refractivity (Wildman–Crippen MR) is 145 cm³/mol. The molecule has 1 amide bonds. The Morgan fingerprint density at radius 2 is 1.73 bits per heavy atom. The van der Waals surface area contributed by atoms with Crippen LogP contribution in [0.25, 0.3) is 38.6 Å². The molecule has 7 heteroatoms. The van der Waals surface area contributed by atoms with Crippen molar-refractivity contribution in [1.82, 2.24) is 4.98 Å². The lowest BCUT2D eigenvalue weighted by atomic mass is 9.98. The molecular weight excluding hydrogens is 468 g/mol. The lowest BCUT2D eigenvalue weighted by molar-refractivity contribution is -0.111. The standard InChI is InChI=1S/C30H26N2O5/c1-18(13-29(33)32-25-9-5-7-19-8-6-12-31-30(19)25)21-15-23-24(17-37-28(23)16-27(21)36-4)22-14-20(34-2)10-11-26(22)35-3/h5-17H,1-4H3,(H,32,33)/b18-13+. The second-order valence-corrected chi connectivity index (χ2v) is 8.46. The smallest absolute Gasteiger partial charge is 0.248 e. The van der Waals surface area contributed by atoms with E-state index in [1.165, 1.54) is 0 Å². The fourth-order valence-electron chi connectivity index (χ4n) is 4.41. The number of ether oxygens (including phenoxy) is 3. The van der Waals surface area contributed by atoms with Crippen molar-refractivity contribution in [3.05, 3.63) is 84.8 Å². The van der Waals surface area contributed by atoms with Crippen LogP contribution in [-0.4, -0.2) is 32.2 Å². The highest BCUT2D eigenvalue weighted by molar-refractivity contribution is 6.08. The normalized spacial score (nSPS) is 11.5. The van der Waals surface area contributed by atoms with E-state index in [-0.39, 0.29) is 5.91 Å². The summed E-state index contributed by atoms with van der Waals surface area (Å²) in [5, 5.41) is 4.76. The van der Waals surface area contributed by atoms with Gasteiger partial charge >= 0.3 is 0 Å². The minimum absolute atomic E-state index is 0.264. The van der Waals surface area contributed by atoms with E-state index in [2.05, 4.69) is 10.3 Å². The van der Waals surface area contributed by atoms with E-state index in [4.69, 9.17) is 18.6 Å². The van der Waals surface area contributed by atoms with Gasteiger partial charge in [-0.3, -0.25) is 9.78 Å². The number of furan rings is 1. The van der Waals surface area contributed by atoms with E-state index < -0.39 is 0 Å². The molecule has 0 saturated heterocycles. The Balaban J connectivity index is 1.54. The molecule has 2 aromatic heterocycles. The van der Waals surface area contributed by atoms with Gasteiger partial charge in [0.15, 0.2) is 0 Å². The van der Waals surface area contributed by atoms with Crippen LogP contribution in [0.1, 0.15) is 12.5 Å². The van der Waals surface area contributed by atoms with Gasteiger partial charge in [-0.05, 0) is 48.9 Å². The highest BCUT2D eigenvalue weighted by Crippen LogP contribution is 2.41. The second kappa shape index (κ2) is 10.1. The summed E-state index contributed by atoms with van der Waals surface area (Å²) in [5.74, 6) is 1.73. The average molecular weight is 495 g/mol. The summed E-state index contributed by atoms with van der Waals surface area (Å²) in [6, 6.07) is 18.9. The summed E-state index contributed by atoms with van der Waals surface area (Å²) in [6.45, 7) is 1.87. The first-order valence-electron chi connectivity index (χ1n) is 11.7. The number of aromatic nitrogens is 1. The van der Waals surface area contributed by atoms with Gasteiger partial charge in [0.05, 0.1) is 38.8 Å². The summed E-state index contributed by atoms with van der Waals surface area (Å²) in [4.78, 5) is 17.4. The van der Waals surface area contributed by atoms with Gasteiger partial charge in [0.2, 0.25) is 5.91 Å². The Hall–Kier alpha value is -4.78. The van der Waals surface area contributed by atoms with Gasteiger partial charge in [-0.1, -0.05) is 18.2 Å². The van der Waals surface area contributed by atoms with Crippen LogP contribution < -0.4 is 19.5 Å². The first kappa shape index (κ1) is 23.9. The molecule has 1 N–H and O–H groups in total. The maximum Gasteiger partial charge on any atom is 0.248 e. The lowest BCUT2D eigenvalue weighted by Crippen LogP contribution is -2.09. The molecule has 0 bridgehead atoms. The van der Waals surface area contributed by atoms with Gasteiger partial charge < -0.3 is 23.9 Å². The molecule has 0 fully saturated rings. The van der Waals surface area contributed by atoms with Crippen molar-refractivity contribution in [2.24, 2.45) is 0 Å². The third kappa shape index (κ3) is 4.59. The zero-order chi connectivity index (χ0) is 25.9. The molecule has 186 valence electrons.